The summed E-state index contributed by atoms with van der Waals surface area (Å²) in [5.41, 5.74) is 1.35. The van der Waals surface area contributed by atoms with Crippen molar-refractivity contribution in [3.8, 4) is 0 Å². The van der Waals surface area contributed by atoms with Gasteiger partial charge >= 0.3 is 0 Å². The van der Waals surface area contributed by atoms with E-state index in [2.05, 4.69) is 21.0 Å². The van der Waals surface area contributed by atoms with Crippen LogP contribution in [0.5, 0.6) is 0 Å². The summed E-state index contributed by atoms with van der Waals surface area (Å²) in [7, 11) is 0. The fourth-order valence-corrected chi connectivity index (χ4v) is 3.32. The monoisotopic (exact) mass is 417 g/mol. The first-order valence-corrected chi connectivity index (χ1v) is 10.1. The first kappa shape index (κ1) is 21.3. The highest BCUT2D eigenvalue weighted by molar-refractivity contribution is 6.31. The van der Waals surface area contributed by atoms with E-state index in [9.17, 15) is 9.59 Å². The molecule has 0 saturated carbocycles. The molecule has 2 aromatic rings. The van der Waals surface area contributed by atoms with Crippen LogP contribution in [0.15, 0.2) is 30.3 Å². The molecule has 1 aromatic carbocycles. The standard InChI is InChI=1S/C21H28ClN5O2/c1-12-13(2)23-20(25-19(12)29)27-17(11-16(26-27)21(3,4)5)24-18(28)10-14-8-6-7-9-15(14)22/h6-9,11-13,20,23H,10H2,1-5H3,(H,24,28)(H,25,29). The SMILES string of the molecule is CC1NC(n2nc(C(C)(C)C)cc2NC(=O)Cc2ccccc2Cl)NC(=O)C1C. The van der Waals surface area contributed by atoms with Crippen molar-refractivity contribution >= 4 is 29.2 Å². The number of anilines is 1. The van der Waals surface area contributed by atoms with Crippen molar-refractivity contribution in [1.29, 1.82) is 0 Å². The zero-order chi connectivity index (χ0) is 21.3. The molecule has 2 amide bonds. The molecule has 29 heavy (non-hydrogen) atoms. The number of hydrogen-bond acceptors (Lipinski definition) is 4. The molecule has 156 valence electrons. The van der Waals surface area contributed by atoms with Crippen LogP contribution in [-0.4, -0.2) is 27.6 Å². The van der Waals surface area contributed by atoms with E-state index in [0.717, 1.165) is 11.3 Å². The second kappa shape index (κ2) is 8.16. The Labute approximate surface area is 176 Å². The average Bonchev–Trinajstić information content (AvgIpc) is 3.05. The third kappa shape index (κ3) is 4.79. The van der Waals surface area contributed by atoms with Crippen LogP contribution >= 0.6 is 11.6 Å². The quantitative estimate of drug-likeness (QED) is 0.712. The lowest BCUT2D eigenvalue weighted by Gasteiger charge is -2.34. The fourth-order valence-electron chi connectivity index (χ4n) is 3.11. The van der Waals surface area contributed by atoms with Crippen LogP contribution in [0.4, 0.5) is 5.82 Å². The molecule has 0 radical (unpaired) electrons. The molecule has 3 atom stereocenters. The number of aromatic nitrogens is 2. The minimum absolute atomic E-state index is 0.0253. The predicted molar refractivity (Wildman–Crippen MR) is 114 cm³/mol. The Kier molecular flexibility index (Phi) is 6.00. The van der Waals surface area contributed by atoms with Crippen LogP contribution in [0, 0.1) is 5.92 Å². The Hall–Kier alpha value is -2.38. The zero-order valence-corrected chi connectivity index (χ0v) is 18.2. The molecule has 1 fully saturated rings. The average molecular weight is 418 g/mol. The summed E-state index contributed by atoms with van der Waals surface area (Å²) in [6, 6.07) is 9.08. The van der Waals surface area contributed by atoms with Gasteiger partial charge in [0.15, 0.2) is 6.29 Å². The number of nitrogens with one attached hydrogen (secondary N) is 3. The van der Waals surface area contributed by atoms with Crippen LogP contribution in [-0.2, 0) is 21.4 Å². The van der Waals surface area contributed by atoms with E-state index < -0.39 is 6.29 Å². The van der Waals surface area contributed by atoms with Crippen molar-refractivity contribution in [3.63, 3.8) is 0 Å². The topological polar surface area (TPSA) is 88.1 Å². The number of halogens is 1. The number of hydrogen-bond donors (Lipinski definition) is 3. The van der Waals surface area contributed by atoms with Crippen LogP contribution < -0.4 is 16.0 Å². The minimum atomic E-state index is -0.541. The third-order valence-electron chi connectivity index (χ3n) is 5.19. The Balaban J connectivity index is 1.87. The molecule has 1 saturated heterocycles. The van der Waals surface area contributed by atoms with Gasteiger partial charge in [-0.05, 0) is 18.6 Å². The van der Waals surface area contributed by atoms with Crippen molar-refractivity contribution < 1.29 is 9.59 Å². The van der Waals surface area contributed by atoms with Crippen molar-refractivity contribution in [2.24, 2.45) is 5.92 Å². The lowest BCUT2D eigenvalue weighted by molar-refractivity contribution is -0.130. The van der Waals surface area contributed by atoms with Crippen molar-refractivity contribution in [3.05, 3.63) is 46.6 Å². The third-order valence-corrected chi connectivity index (χ3v) is 5.56. The van der Waals surface area contributed by atoms with Gasteiger partial charge in [0.25, 0.3) is 0 Å². The van der Waals surface area contributed by atoms with Gasteiger partial charge in [0.1, 0.15) is 5.82 Å². The molecule has 1 aliphatic rings. The number of benzene rings is 1. The van der Waals surface area contributed by atoms with Gasteiger partial charge in [-0.1, -0.05) is 57.5 Å². The van der Waals surface area contributed by atoms with Gasteiger partial charge in [-0.2, -0.15) is 5.10 Å². The van der Waals surface area contributed by atoms with Gasteiger partial charge in [-0.15, -0.1) is 0 Å². The van der Waals surface area contributed by atoms with Crippen molar-refractivity contribution in [2.75, 3.05) is 5.32 Å². The minimum Gasteiger partial charge on any atom is -0.322 e. The van der Waals surface area contributed by atoms with E-state index in [0.29, 0.717) is 10.8 Å². The summed E-state index contributed by atoms with van der Waals surface area (Å²) in [5.74, 6) is 0.111. The van der Waals surface area contributed by atoms with Crippen LogP contribution in [0.25, 0.3) is 0 Å². The second-order valence-electron chi connectivity index (χ2n) is 8.58. The molecular weight excluding hydrogens is 390 g/mol. The molecule has 3 rings (SSSR count). The molecular formula is C21H28ClN5O2. The normalized spacial score (nSPS) is 22.3. The first-order chi connectivity index (χ1) is 13.6. The number of amides is 2. The summed E-state index contributed by atoms with van der Waals surface area (Å²) in [6.45, 7) is 9.98. The zero-order valence-electron chi connectivity index (χ0n) is 17.4. The van der Waals surface area contributed by atoms with Crippen molar-refractivity contribution in [1.82, 2.24) is 20.4 Å². The molecule has 3 unspecified atom stereocenters. The summed E-state index contributed by atoms with van der Waals surface area (Å²) in [4.78, 5) is 25.0. The number of carbonyl (C=O) groups excluding carboxylic acids is 2. The molecule has 1 aliphatic heterocycles. The lowest BCUT2D eigenvalue weighted by atomic mass is 9.92. The van der Waals surface area contributed by atoms with Gasteiger partial charge in [0.05, 0.1) is 18.0 Å². The highest BCUT2D eigenvalue weighted by Crippen LogP contribution is 2.27. The first-order valence-electron chi connectivity index (χ1n) is 9.76. The van der Waals surface area contributed by atoms with Crippen LogP contribution in [0.1, 0.15) is 52.2 Å². The highest BCUT2D eigenvalue weighted by atomic mass is 35.5. The molecule has 0 aliphatic carbocycles. The van der Waals surface area contributed by atoms with Crippen molar-refractivity contribution in [2.45, 2.75) is 58.8 Å². The molecule has 2 heterocycles. The van der Waals surface area contributed by atoms with Gasteiger partial charge in [0, 0.05) is 22.5 Å². The lowest BCUT2D eigenvalue weighted by Crippen LogP contribution is -2.57. The molecule has 0 bridgehead atoms. The van der Waals surface area contributed by atoms with Gasteiger partial charge < -0.3 is 10.6 Å². The second-order valence-corrected chi connectivity index (χ2v) is 8.99. The maximum Gasteiger partial charge on any atom is 0.229 e. The number of rotatable bonds is 4. The summed E-state index contributed by atoms with van der Waals surface area (Å²) >= 11 is 6.18. The maximum atomic E-state index is 12.7. The highest BCUT2D eigenvalue weighted by Gasteiger charge is 2.33. The van der Waals surface area contributed by atoms with Crippen LogP contribution in [0.2, 0.25) is 5.02 Å². The van der Waals surface area contributed by atoms with E-state index in [-0.39, 0.29) is 35.6 Å². The summed E-state index contributed by atoms with van der Waals surface area (Å²) in [5, 5.41) is 14.4. The van der Waals surface area contributed by atoms with E-state index in [1.54, 1.807) is 10.7 Å². The molecule has 7 nitrogen and oxygen atoms in total. The Morgan fingerprint density at radius 1 is 1.28 bits per heavy atom. The Bertz CT molecular complexity index is 918. The fraction of sp³-hybridized carbons (Fsp3) is 0.476. The molecule has 0 spiro atoms. The maximum absolute atomic E-state index is 12.7. The largest absolute Gasteiger partial charge is 0.322 e. The van der Waals surface area contributed by atoms with E-state index in [4.69, 9.17) is 11.6 Å². The predicted octanol–water partition coefficient (Wildman–Crippen LogP) is 3.22. The van der Waals surface area contributed by atoms with E-state index >= 15 is 0 Å². The van der Waals surface area contributed by atoms with Gasteiger partial charge in [-0.3, -0.25) is 14.9 Å². The Morgan fingerprint density at radius 2 is 1.97 bits per heavy atom. The van der Waals surface area contributed by atoms with E-state index in [1.807, 2.05) is 58.9 Å². The molecule has 3 N–H and O–H groups in total. The number of carbonyl (C=O) groups is 2. The smallest absolute Gasteiger partial charge is 0.229 e. The van der Waals surface area contributed by atoms with E-state index in [1.165, 1.54) is 0 Å². The number of nitrogens with zero attached hydrogens (tertiary/aromatic N) is 2. The summed E-state index contributed by atoms with van der Waals surface area (Å²) in [6.07, 6.45) is -0.395. The van der Waals surface area contributed by atoms with Gasteiger partial charge in [0.2, 0.25) is 11.8 Å². The van der Waals surface area contributed by atoms with Gasteiger partial charge in [-0.25, -0.2) is 4.68 Å². The summed E-state index contributed by atoms with van der Waals surface area (Å²) < 4.78 is 1.63. The molecule has 1 aromatic heterocycles. The molecule has 8 heteroatoms. The van der Waals surface area contributed by atoms with Crippen LogP contribution in [0.3, 0.4) is 0 Å². The Morgan fingerprint density at radius 3 is 2.59 bits per heavy atom.